The van der Waals surface area contributed by atoms with Gasteiger partial charge in [-0.2, -0.15) is 0 Å². The maximum absolute atomic E-state index is 3.90. The van der Waals surface area contributed by atoms with Crippen molar-refractivity contribution in [2.75, 3.05) is 7.05 Å². The normalized spacial score (nSPS) is 32.3. The summed E-state index contributed by atoms with van der Waals surface area (Å²) in [6, 6.07) is 11.9. The molecule has 2 rings (SSSR count). The van der Waals surface area contributed by atoms with E-state index in [0.717, 1.165) is 0 Å². The number of nitrogens with zero attached hydrogens (tertiary/aromatic N) is 1. The van der Waals surface area contributed by atoms with Gasteiger partial charge in [0.1, 0.15) is 0 Å². The van der Waals surface area contributed by atoms with Crippen molar-refractivity contribution in [3.05, 3.63) is 48.6 Å². The Morgan fingerprint density at radius 3 is 2.50 bits per heavy atom. The number of likely N-dealkylation sites (tertiary alicyclic amines) is 1. The number of likely N-dealkylation sites (N-methyl/N-ethyl adjacent to an activating group) is 1. The highest BCUT2D eigenvalue weighted by Crippen LogP contribution is 2.39. The average Bonchev–Trinajstić information content (AvgIpc) is 2.25. The van der Waals surface area contributed by atoms with Crippen LogP contribution in [-0.2, 0) is 0 Å². The van der Waals surface area contributed by atoms with Crippen LogP contribution in [0.3, 0.4) is 0 Å². The highest BCUT2D eigenvalue weighted by atomic mass is 15.2. The van der Waals surface area contributed by atoms with E-state index < -0.39 is 0 Å². The molecule has 1 saturated heterocycles. The van der Waals surface area contributed by atoms with Crippen LogP contribution in [-0.4, -0.2) is 24.0 Å². The SMILES string of the molecule is C=C[C@@H]1[C@@H](c2ccccc2)[C@H](C)N1C. The largest absolute Gasteiger partial charge is 0.296 e. The van der Waals surface area contributed by atoms with Crippen LogP contribution in [0.25, 0.3) is 0 Å². The minimum absolute atomic E-state index is 0.507. The van der Waals surface area contributed by atoms with Crippen LogP contribution >= 0.6 is 0 Å². The van der Waals surface area contributed by atoms with Gasteiger partial charge in [-0.05, 0) is 19.5 Å². The molecule has 0 unspecified atom stereocenters. The molecule has 0 N–H and O–H groups in total. The van der Waals surface area contributed by atoms with Crippen molar-refractivity contribution in [2.24, 2.45) is 0 Å². The number of benzene rings is 1. The molecule has 14 heavy (non-hydrogen) atoms. The molecule has 0 bridgehead atoms. The second-order valence-corrected chi connectivity index (χ2v) is 4.07. The van der Waals surface area contributed by atoms with Gasteiger partial charge in [0.2, 0.25) is 0 Å². The summed E-state index contributed by atoms with van der Waals surface area (Å²) in [6.07, 6.45) is 2.05. The van der Waals surface area contributed by atoms with Crippen molar-refractivity contribution < 1.29 is 0 Å². The maximum atomic E-state index is 3.90. The molecule has 1 aromatic carbocycles. The van der Waals surface area contributed by atoms with E-state index in [4.69, 9.17) is 0 Å². The first-order valence-electron chi connectivity index (χ1n) is 5.15. The standard InChI is InChI=1S/C13H17N/c1-4-12-13(10(2)14(12)3)11-8-6-5-7-9-11/h4-10,12-13H,1H2,2-3H3/t10-,12+,13+/m0/s1. The first-order valence-corrected chi connectivity index (χ1v) is 5.15. The van der Waals surface area contributed by atoms with Gasteiger partial charge >= 0.3 is 0 Å². The average molecular weight is 187 g/mol. The molecule has 1 nitrogen and oxygen atoms in total. The Kier molecular flexibility index (Phi) is 2.42. The highest BCUT2D eigenvalue weighted by Gasteiger charge is 2.41. The summed E-state index contributed by atoms with van der Waals surface area (Å²) in [7, 11) is 2.16. The molecule has 0 saturated carbocycles. The van der Waals surface area contributed by atoms with E-state index in [-0.39, 0.29) is 0 Å². The van der Waals surface area contributed by atoms with Crippen molar-refractivity contribution in [2.45, 2.75) is 24.9 Å². The second kappa shape index (κ2) is 3.58. The van der Waals surface area contributed by atoms with E-state index in [1.54, 1.807) is 0 Å². The second-order valence-electron chi connectivity index (χ2n) is 4.07. The summed E-state index contributed by atoms with van der Waals surface area (Å²) in [5.74, 6) is 0.624. The van der Waals surface area contributed by atoms with Gasteiger partial charge in [0, 0.05) is 18.0 Å². The summed E-state index contributed by atoms with van der Waals surface area (Å²) in [4.78, 5) is 2.37. The molecule has 0 aromatic heterocycles. The lowest BCUT2D eigenvalue weighted by atomic mass is 9.76. The topological polar surface area (TPSA) is 3.24 Å². The van der Waals surface area contributed by atoms with Gasteiger partial charge in [-0.15, -0.1) is 6.58 Å². The predicted molar refractivity (Wildman–Crippen MR) is 60.4 cm³/mol. The van der Waals surface area contributed by atoms with E-state index in [2.05, 4.69) is 61.9 Å². The third-order valence-electron chi connectivity index (χ3n) is 3.43. The zero-order valence-electron chi connectivity index (χ0n) is 8.85. The van der Waals surface area contributed by atoms with Crippen LogP contribution in [0.4, 0.5) is 0 Å². The fraction of sp³-hybridized carbons (Fsp3) is 0.385. The van der Waals surface area contributed by atoms with Crippen LogP contribution in [0, 0.1) is 0 Å². The van der Waals surface area contributed by atoms with Crippen LogP contribution in [0.15, 0.2) is 43.0 Å². The minimum Gasteiger partial charge on any atom is -0.296 e. The molecule has 1 heteroatoms. The Balaban J connectivity index is 2.23. The monoisotopic (exact) mass is 187 g/mol. The van der Waals surface area contributed by atoms with E-state index in [1.165, 1.54) is 5.56 Å². The molecule has 1 aliphatic heterocycles. The van der Waals surface area contributed by atoms with Gasteiger partial charge in [0.05, 0.1) is 0 Å². The summed E-state index contributed by atoms with van der Waals surface area (Å²) >= 11 is 0. The molecule has 0 radical (unpaired) electrons. The molecule has 1 aromatic rings. The van der Waals surface area contributed by atoms with E-state index in [9.17, 15) is 0 Å². The number of rotatable bonds is 2. The van der Waals surface area contributed by atoms with Crippen LogP contribution in [0.2, 0.25) is 0 Å². The lowest BCUT2D eigenvalue weighted by Crippen LogP contribution is -2.57. The third kappa shape index (κ3) is 1.28. The zero-order chi connectivity index (χ0) is 10.1. The first kappa shape index (κ1) is 9.47. The Bertz CT molecular complexity index is 317. The van der Waals surface area contributed by atoms with Crippen LogP contribution in [0.5, 0.6) is 0 Å². The zero-order valence-corrected chi connectivity index (χ0v) is 8.85. The quantitative estimate of drug-likeness (QED) is 0.643. The van der Waals surface area contributed by atoms with Gasteiger partial charge in [-0.1, -0.05) is 36.4 Å². The molecule has 1 heterocycles. The van der Waals surface area contributed by atoms with E-state index in [0.29, 0.717) is 18.0 Å². The smallest absolute Gasteiger partial charge is 0.0359 e. The lowest BCUT2D eigenvalue weighted by Gasteiger charge is -2.51. The first-order chi connectivity index (χ1) is 6.75. The Labute approximate surface area is 86.1 Å². The van der Waals surface area contributed by atoms with Crippen LogP contribution < -0.4 is 0 Å². The molecule has 0 spiro atoms. The highest BCUT2D eigenvalue weighted by molar-refractivity contribution is 5.29. The molecule has 3 atom stereocenters. The van der Waals surface area contributed by atoms with Gasteiger partial charge in [0.15, 0.2) is 0 Å². The number of hydrogen-bond acceptors (Lipinski definition) is 1. The molecule has 1 fully saturated rings. The molecule has 0 aliphatic carbocycles. The van der Waals surface area contributed by atoms with Gasteiger partial charge in [-0.25, -0.2) is 0 Å². The molecular weight excluding hydrogens is 170 g/mol. The van der Waals surface area contributed by atoms with Gasteiger partial charge < -0.3 is 0 Å². The fourth-order valence-corrected chi connectivity index (χ4v) is 2.43. The summed E-state index contributed by atoms with van der Waals surface area (Å²) in [6.45, 7) is 6.18. The van der Waals surface area contributed by atoms with Gasteiger partial charge in [-0.3, -0.25) is 4.90 Å². The Hall–Kier alpha value is -1.08. The lowest BCUT2D eigenvalue weighted by molar-refractivity contribution is 0.0541. The molecular formula is C13H17N. The summed E-state index contributed by atoms with van der Waals surface area (Å²) in [5, 5.41) is 0. The summed E-state index contributed by atoms with van der Waals surface area (Å²) < 4.78 is 0. The van der Waals surface area contributed by atoms with Crippen molar-refractivity contribution in [3.8, 4) is 0 Å². The predicted octanol–water partition coefficient (Wildman–Crippen LogP) is 2.66. The van der Waals surface area contributed by atoms with Crippen molar-refractivity contribution in [3.63, 3.8) is 0 Å². The van der Waals surface area contributed by atoms with Gasteiger partial charge in [0.25, 0.3) is 0 Å². The van der Waals surface area contributed by atoms with Crippen LogP contribution in [0.1, 0.15) is 18.4 Å². The van der Waals surface area contributed by atoms with Crippen molar-refractivity contribution in [1.29, 1.82) is 0 Å². The summed E-state index contributed by atoms with van der Waals surface area (Å²) in [5.41, 5.74) is 1.43. The minimum atomic E-state index is 0.507. The number of hydrogen-bond donors (Lipinski definition) is 0. The maximum Gasteiger partial charge on any atom is 0.0359 e. The molecule has 1 aliphatic rings. The van der Waals surface area contributed by atoms with Crippen molar-refractivity contribution >= 4 is 0 Å². The fourth-order valence-electron chi connectivity index (χ4n) is 2.43. The Morgan fingerprint density at radius 2 is 1.93 bits per heavy atom. The Morgan fingerprint density at radius 1 is 1.29 bits per heavy atom. The van der Waals surface area contributed by atoms with E-state index >= 15 is 0 Å². The molecule has 74 valence electrons. The van der Waals surface area contributed by atoms with Crippen molar-refractivity contribution in [1.82, 2.24) is 4.90 Å². The molecule has 0 amide bonds. The van der Waals surface area contributed by atoms with E-state index in [1.807, 2.05) is 0 Å². The third-order valence-corrected chi connectivity index (χ3v) is 3.43.